The van der Waals surface area contributed by atoms with E-state index in [0.717, 1.165) is 18.2 Å². The fraction of sp³-hybridized carbons (Fsp3) is 0.531. The summed E-state index contributed by atoms with van der Waals surface area (Å²) in [6.07, 6.45) is -22.8. The fourth-order valence-electron chi connectivity index (χ4n) is 5.94. The molecule has 0 spiro atoms. The van der Waals surface area contributed by atoms with E-state index in [1.807, 2.05) is 0 Å². The largest absolute Gasteiger partial charge is 0.507 e. The van der Waals surface area contributed by atoms with Gasteiger partial charge in [0.05, 0.1) is 30.9 Å². The standard InChI is InChI=1S/C32H38O19/c1-10-21(38)24(41)27(44)30(47-10)46-9-20-23(40)25(42)29(51-31-26(43)22(39)17(37)8-45-31)32(50-20)49-19-7-13-15(35)5-12(33)6-18(13)48-28(19)11-2-3-14(34)16(36)4-11/h2-7,10,17,20-27,29-32,37-44H,8-9H2,1H3,(H3-,33,34,35,36)/p+1/t10?,17-,20?,21+,22?,23-,24+,25?,26-,27?,29?,30-,31+,32-/m1/s1. The number of phenols is 4. The number of phenolic OH excluding ortho intramolecular Hbond substituents is 4. The number of hydrogen-bond acceptors (Lipinski definition) is 18. The Morgan fingerprint density at radius 2 is 1.43 bits per heavy atom. The van der Waals surface area contributed by atoms with Crippen molar-refractivity contribution in [3.63, 3.8) is 0 Å². The predicted molar refractivity (Wildman–Crippen MR) is 165 cm³/mol. The van der Waals surface area contributed by atoms with Crippen molar-refractivity contribution in [2.45, 2.75) is 92.9 Å². The lowest BCUT2D eigenvalue weighted by molar-refractivity contribution is -0.352. The molecule has 6 unspecified atom stereocenters. The molecular weight excluding hydrogens is 688 g/mol. The number of benzene rings is 2. The Balaban J connectivity index is 1.36. The molecule has 0 bridgehead atoms. The van der Waals surface area contributed by atoms with Crippen LogP contribution in [0.4, 0.5) is 0 Å². The van der Waals surface area contributed by atoms with Crippen LogP contribution in [0.3, 0.4) is 0 Å². The van der Waals surface area contributed by atoms with Gasteiger partial charge in [-0.15, -0.1) is 0 Å². The van der Waals surface area contributed by atoms with Crippen molar-refractivity contribution in [3.05, 3.63) is 36.4 Å². The number of ether oxygens (including phenoxy) is 6. The average molecular weight is 728 g/mol. The molecule has 280 valence electrons. The van der Waals surface area contributed by atoms with Crippen LogP contribution in [0.2, 0.25) is 0 Å². The van der Waals surface area contributed by atoms with Gasteiger partial charge in [-0.2, -0.15) is 0 Å². The van der Waals surface area contributed by atoms with Crippen molar-refractivity contribution >= 4 is 11.0 Å². The van der Waals surface area contributed by atoms with E-state index in [2.05, 4.69) is 0 Å². The van der Waals surface area contributed by atoms with E-state index in [-0.39, 0.29) is 33.8 Å². The molecule has 19 nitrogen and oxygen atoms in total. The second-order valence-corrected chi connectivity index (χ2v) is 12.5. The molecule has 3 fully saturated rings. The molecule has 3 aromatic rings. The maximum atomic E-state index is 11.4. The zero-order valence-corrected chi connectivity index (χ0v) is 26.7. The normalized spacial score (nSPS) is 37.4. The van der Waals surface area contributed by atoms with E-state index < -0.39 is 116 Å². The topological polar surface area (TPSA) is 309 Å². The van der Waals surface area contributed by atoms with Crippen molar-refractivity contribution in [1.82, 2.24) is 0 Å². The molecule has 19 heteroatoms. The molecule has 51 heavy (non-hydrogen) atoms. The second-order valence-electron chi connectivity index (χ2n) is 12.5. The van der Waals surface area contributed by atoms with Gasteiger partial charge >= 0.3 is 11.3 Å². The van der Waals surface area contributed by atoms with Gasteiger partial charge in [-0.3, -0.25) is 0 Å². The van der Waals surface area contributed by atoms with Gasteiger partial charge in [0.15, 0.2) is 30.2 Å². The molecule has 0 amide bonds. The summed E-state index contributed by atoms with van der Waals surface area (Å²) < 4.78 is 40.2. The van der Waals surface area contributed by atoms with Gasteiger partial charge in [0.25, 0.3) is 0 Å². The van der Waals surface area contributed by atoms with Crippen LogP contribution in [-0.2, 0) is 23.7 Å². The minimum atomic E-state index is -1.93. The van der Waals surface area contributed by atoms with Crippen LogP contribution in [-0.4, -0.2) is 161 Å². The van der Waals surface area contributed by atoms with E-state index in [4.69, 9.17) is 32.8 Å². The first-order valence-corrected chi connectivity index (χ1v) is 15.8. The van der Waals surface area contributed by atoms with E-state index in [0.29, 0.717) is 0 Å². The van der Waals surface area contributed by atoms with Crippen LogP contribution in [0, 0.1) is 0 Å². The highest BCUT2D eigenvalue weighted by Crippen LogP contribution is 2.42. The summed E-state index contributed by atoms with van der Waals surface area (Å²) in [4.78, 5) is 0. The number of aliphatic hydroxyl groups is 8. The SMILES string of the molecule is CC1O[C@@H](OCC2O[C@@H](Oc3cc4c(O)cc(O)cc4[o+]c3-c3ccc(O)c(O)c3)C(O[C@@H]3OC[C@@H](O)C(O)[C@H]3O)C(O)[C@@H]2O)C(O)[C@@H](O)[C@H]1O. The average Bonchev–Trinajstić information content (AvgIpc) is 3.09. The molecule has 0 radical (unpaired) electrons. The highest BCUT2D eigenvalue weighted by Gasteiger charge is 2.51. The summed E-state index contributed by atoms with van der Waals surface area (Å²) >= 11 is 0. The first-order chi connectivity index (χ1) is 24.1. The van der Waals surface area contributed by atoms with E-state index in [1.54, 1.807) is 0 Å². The Morgan fingerprint density at radius 3 is 2.16 bits per heavy atom. The van der Waals surface area contributed by atoms with Gasteiger partial charge in [-0.05, 0) is 19.1 Å². The van der Waals surface area contributed by atoms with Gasteiger partial charge in [0, 0.05) is 18.2 Å². The van der Waals surface area contributed by atoms with Crippen LogP contribution in [0.15, 0.2) is 40.8 Å². The summed E-state index contributed by atoms with van der Waals surface area (Å²) in [6, 6.07) is 7.04. The number of rotatable bonds is 8. The number of aromatic hydroxyl groups is 4. The monoisotopic (exact) mass is 727 g/mol. The van der Waals surface area contributed by atoms with Gasteiger partial charge in [0.1, 0.15) is 71.8 Å². The Bertz CT molecular complexity index is 1690. The van der Waals surface area contributed by atoms with Crippen LogP contribution >= 0.6 is 0 Å². The third kappa shape index (κ3) is 7.35. The van der Waals surface area contributed by atoms with Crippen molar-refractivity contribution in [1.29, 1.82) is 0 Å². The van der Waals surface area contributed by atoms with Gasteiger partial charge in [0.2, 0.25) is 12.0 Å². The predicted octanol–water partition coefficient (Wildman–Crippen LogP) is -2.30. The Kier molecular flexibility index (Phi) is 10.7. The van der Waals surface area contributed by atoms with Crippen molar-refractivity contribution < 1.29 is 94.1 Å². The maximum absolute atomic E-state index is 11.4. The second kappa shape index (κ2) is 14.8. The van der Waals surface area contributed by atoms with Gasteiger partial charge in [-0.1, -0.05) is 0 Å². The van der Waals surface area contributed by atoms with Crippen LogP contribution in [0.25, 0.3) is 22.3 Å². The summed E-state index contributed by atoms with van der Waals surface area (Å²) in [6.45, 7) is 0.328. The molecule has 3 aliphatic heterocycles. The number of aliphatic hydroxyl groups excluding tert-OH is 8. The Morgan fingerprint density at radius 1 is 0.706 bits per heavy atom. The van der Waals surface area contributed by atoms with Gasteiger partial charge in [-0.25, -0.2) is 4.42 Å². The highest BCUT2D eigenvalue weighted by molar-refractivity contribution is 5.88. The maximum Gasteiger partial charge on any atom is 0.402 e. The van der Waals surface area contributed by atoms with Crippen LogP contribution in [0.1, 0.15) is 6.92 Å². The lowest BCUT2D eigenvalue weighted by Crippen LogP contribution is -2.64. The zero-order valence-electron chi connectivity index (χ0n) is 26.7. The quantitative estimate of drug-likeness (QED) is 0.0857. The number of fused-ring (bicyclic) bond motifs is 1. The molecular formula is C32H39O19+. The first-order valence-electron chi connectivity index (χ1n) is 15.8. The Hall–Kier alpha value is -3.67. The van der Waals surface area contributed by atoms with Crippen molar-refractivity contribution in [2.24, 2.45) is 0 Å². The lowest BCUT2D eigenvalue weighted by atomic mass is 9.98. The zero-order chi connectivity index (χ0) is 36.9. The Labute approximate surface area is 287 Å². The number of hydrogen-bond donors (Lipinski definition) is 12. The van der Waals surface area contributed by atoms with Crippen molar-refractivity contribution in [3.8, 4) is 40.1 Å². The molecule has 4 heterocycles. The smallest absolute Gasteiger partial charge is 0.402 e. The molecule has 14 atom stereocenters. The molecule has 3 aliphatic rings. The van der Waals surface area contributed by atoms with E-state index in [9.17, 15) is 61.3 Å². The van der Waals surface area contributed by atoms with Crippen molar-refractivity contribution in [2.75, 3.05) is 13.2 Å². The highest BCUT2D eigenvalue weighted by atomic mass is 16.8. The third-order valence-corrected chi connectivity index (χ3v) is 8.92. The van der Waals surface area contributed by atoms with Crippen LogP contribution < -0.4 is 4.74 Å². The minimum Gasteiger partial charge on any atom is -0.507 e. The fourth-order valence-corrected chi connectivity index (χ4v) is 5.94. The van der Waals surface area contributed by atoms with Crippen LogP contribution in [0.5, 0.6) is 28.7 Å². The molecule has 0 aliphatic carbocycles. The van der Waals surface area contributed by atoms with E-state index in [1.165, 1.54) is 25.1 Å². The first kappa shape index (κ1) is 37.1. The molecule has 6 rings (SSSR count). The summed E-state index contributed by atoms with van der Waals surface area (Å²) in [7, 11) is 0. The van der Waals surface area contributed by atoms with E-state index >= 15 is 0 Å². The molecule has 0 saturated carbocycles. The lowest BCUT2D eigenvalue weighted by Gasteiger charge is -2.45. The summed E-state index contributed by atoms with van der Waals surface area (Å²) in [5.74, 6) is -2.26. The molecule has 1 aromatic heterocycles. The molecule has 3 saturated heterocycles. The summed E-state index contributed by atoms with van der Waals surface area (Å²) in [5, 5.41) is 125. The molecule has 12 N–H and O–H groups in total. The van der Waals surface area contributed by atoms with Gasteiger partial charge < -0.3 is 89.7 Å². The third-order valence-electron chi connectivity index (χ3n) is 8.92. The minimum absolute atomic E-state index is 0.00439. The summed E-state index contributed by atoms with van der Waals surface area (Å²) in [5.41, 5.74) is 0.0422. The molecule has 2 aromatic carbocycles.